The summed E-state index contributed by atoms with van der Waals surface area (Å²) in [7, 11) is -0.968. The van der Waals surface area contributed by atoms with Crippen LogP contribution in [0.15, 0.2) is 35.2 Å². The van der Waals surface area contributed by atoms with Gasteiger partial charge in [0.25, 0.3) is 0 Å². The fourth-order valence-electron chi connectivity index (χ4n) is 1.79. The Balaban J connectivity index is 4.05. The second kappa shape index (κ2) is 10.1. The van der Waals surface area contributed by atoms with Crippen molar-refractivity contribution in [2.45, 2.75) is 78.6 Å². The summed E-state index contributed by atoms with van der Waals surface area (Å²) in [5.41, 5.74) is 2.27. The molecule has 20 heavy (non-hydrogen) atoms. The molecule has 0 radical (unpaired) electrons. The Labute approximate surface area is 126 Å². The Hall–Kier alpha value is -0.633. The van der Waals surface area contributed by atoms with Gasteiger partial charge in [-0.15, -0.1) is 0 Å². The monoisotopic (exact) mass is 296 g/mol. The van der Waals surface area contributed by atoms with Crippen molar-refractivity contribution in [2.75, 3.05) is 0 Å². The van der Waals surface area contributed by atoms with E-state index in [0.717, 1.165) is 31.3 Å². The summed E-state index contributed by atoms with van der Waals surface area (Å²) in [6.45, 7) is 13.3. The fourth-order valence-corrected chi connectivity index (χ4v) is 2.67. The minimum absolute atomic E-state index is 0.0868. The highest BCUT2D eigenvalue weighted by atomic mass is 28.3. The van der Waals surface area contributed by atoms with Crippen LogP contribution in [0.5, 0.6) is 0 Å². The molecule has 0 aromatic heterocycles. The number of hydrogen-bond acceptors (Lipinski definition) is 0. The van der Waals surface area contributed by atoms with Gasteiger partial charge in [-0.1, -0.05) is 50.4 Å². The van der Waals surface area contributed by atoms with E-state index in [2.05, 4.69) is 51.7 Å². The molecule has 0 aliphatic carbocycles. The topological polar surface area (TPSA) is 0 Å². The number of allylic oxidation sites excluding steroid dienone is 6. The average Bonchev–Trinajstić information content (AvgIpc) is 2.36. The van der Waals surface area contributed by atoms with E-state index < -0.39 is 8.07 Å². The predicted octanol–water partition coefficient (Wildman–Crippen LogP) is 7.04. The van der Waals surface area contributed by atoms with E-state index in [1.54, 1.807) is 0 Å². The van der Waals surface area contributed by atoms with Crippen molar-refractivity contribution in [1.82, 2.24) is 0 Å². The van der Waals surface area contributed by atoms with Crippen LogP contribution < -0.4 is 0 Å². The first-order valence-electron chi connectivity index (χ1n) is 7.91. The molecule has 0 heterocycles. The molecule has 0 nitrogen and oxygen atoms in total. The zero-order chi connectivity index (χ0) is 15.6. The largest absolute Gasteiger partial charge is 0.212 e. The molecule has 0 unspecified atom stereocenters. The molecular formula is C18H33FSi. The van der Waals surface area contributed by atoms with E-state index in [-0.39, 0.29) is 5.83 Å². The van der Waals surface area contributed by atoms with E-state index in [0.29, 0.717) is 6.42 Å². The molecule has 116 valence electrons. The zero-order valence-electron chi connectivity index (χ0n) is 14.4. The fraction of sp³-hybridized carbons (Fsp3) is 0.667. The second-order valence-corrected chi connectivity index (χ2v) is 12.4. The normalized spacial score (nSPS) is 14.8. The van der Waals surface area contributed by atoms with Gasteiger partial charge in [0.1, 0.15) is 0 Å². The standard InChI is InChI=1S/C18H33FSi/c1-7-16(2)12-11-14-18(19)17(3)13-9-8-10-15-20(4,5)6/h8,10,12H,7,9,11,13-15H2,1-6H3/b10-8-,16-12+,18-17-. The van der Waals surface area contributed by atoms with Crippen LogP contribution in [0.1, 0.15) is 52.9 Å². The highest BCUT2D eigenvalue weighted by Gasteiger charge is 2.09. The van der Waals surface area contributed by atoms with Crippen LogP contribution in [0.4, 0.5) is 4.39 Å². The molecule has 2 heteroatoms. The van der Waals surface area contributed by atoms with Crippen LogP contribution in [0.3, 0.4) is 0 Å². The first-order chi connectivity index (χ1) is 9.26. The second-order valence-electron chi connectivity index (χ2n) is 6.90. The summed E-state index contributed by atoms with van der Waals surface area (Å²) >= 11 is 0. The van der Waals surface area contributed by atoms with Crippen LogP contribution in [0.2, 0.25) is 25.7 Å². The summed E-state index contributed by atoms with van der Waals surface area (Å²) in [6.07, 6.45) is 10.9. The lowest BCUT2D eigenvalue weighted by molar-refractivity contribution is 0.572. The Kier molecular flexibility index (Phi) is 9.82. The smallest absolute Gasteiger partial charge is 0.0991 e. The molecule has 0 rings (SSSR count). The van der Waals surface area contributed by atoms with Gasteiger partial charge in [0, 0.05) is 14.5 Å². The summed E-state index contributed by atoms with van der Waals surface area (Å²) in [6, 6.07) is 1.22. The third-order valence-electron chi connectivity index (χ3n) is 3.46. The molecule has 0 aliphatic heterocycles. The van der Waals surface area contributed by atoms with Crippen LogP contribution in [0.25, 0.3) is 0 Å². The summed E-state index contributed by atoms with van der Waals surface area (Å²) < 4.78 is 13.9. The molecular weight excluding hydrogens is 263 g/mol. The Morgan fingerprint density at radius 3 is 2.20 bits per heavy atom. The SMILES string of the molecule is CC/C(C)=C/CC/C(F)=C(\C)CC/C=C\C[Si](C)(C)C. The van der Waals surface area contributed by atoms with Gasteiger partial charge >= 0.3 is 0 Å². The average molecular weight is 297 g/mol. The summed E-state index contributed by atoms with van der Waals surface area (Å²) in [5, 5.41) is 0. The van der Waals surface area contributed by atoms with Gasteiger partial charge in [0.2, 0.25) is 0 Å². The van der Waals surface area contributed by atoms with Crippen molar-refractivity contribution in [3.63, 3.8) is 0 Å². The first-order valence-corrected chi connectivity index (χ1v) is 11.6. The zero-order valence-corrected chi connectivity index (χ0v) is 15.4. The predicted molar refractivity (Wildman–Crippen MR) is 93.6 cm³/mol. The van der Waals surface area contributed by atoms with Gasteiger partial charge in [0.05, 0.1) is 5.83 Å². The first kappa shape index (κ1) is 19.4. The Morgan fingerprint density at radius 2 is 1.65 bits per heavy atom. The highest BCUT2D eigenvalue weighted by Crippen LogP contribution is 2.18. The van der Waals surface area contributed by atoms with Crippen molar-refractivity contribution in [1.29, 1.82) is 0 Å². The van der Waals surface area contributed by atoms with Crippen molar-refractivity contribution in [3.05, 3.63) is 35.2 Å². The number of hydrogen-bond donors (Lipinski definition) is 0. The van der Waals surface area contributed by atoms with E-state index >= 15 is 0 Å². The van der Waals surface area contributed by atoms with Gasteiger partial charge in [0.15, 0.2) is 0 Å². The number of halogens is 1. The third-order valence-corrected chi connectivity index (χ3v) is 4.92. The minimum atomic E-state index is -0.968. The molecule has 0 saturated carbocycles. The van der Waals surface area contributed by atoms with Gasteiger partial charge in [-0.05, 0) is 51.1 Å². The molecule has 0 aliphatic rings. The van der Waals surface area contributed by atoms with Crippen LogP contribution >= 0.6 is 0 Å². The lowest BCUT2D eigenvalue weighted by Crippen LogP contribution is -2.17. The van der Waals surface area contributed by atoms with E-state index in [9.17, 15) is 4.39 Å². The quantitative estimate of drug-likeness (QED) is 0.316. The van der Waals surface area contributed by atoms with Crippen molar-refractivity contribution in [2.24, 2.45) is 0 Å². The Bertz CT molecular complexity index is 356. The van der Waals surface area contributed by atoms with Gasteiger partial charge in [-0.3, -0.25) is 0 Å². The third kappa shape index (κ3) is 11.2. The molecule has 0 spiro atoms. The highest BCUT2D eigenvalue weighted by molar-refractivity contribution is 6.76. The molecule has 0 N–H and O–H groups in total. The van der Waals surface area contributed by atoms with Gasteiger partial charge < -0.3 is 0 Å². The van der Waals surface area contributed by atoms with Crippen LogP contribution in [0, 0.1) is 0 Å². The summed E-state index contributed by atoms with van der Waals surface area (Å²) in [4.78, 5) is 0. The maximum atomic E-state index is 13.9. The van der Waals surface area contributed by atoms with Crippen molar-refractivity contribution in [3.8, 4) is 0 Å². The molecule has 0 atom stereocenters. The minimum Gasteiger partial charge on any atom is -0.212 e. The molecule has 0 fully saturated rings. The lowest BCUT2D eigenvalue weighted by atomic mass is 10.1. The molecule has 0 aromatic carbocycles. The van der Waals surface area contributed by atoms with Crippen LogP contribution in [-0.4, -0.2) is 8.07 Å². The van der Waals surface area contributed by atoms with E-state index in [1.165, 1.54) is 11.6 Å². The molecule has 0 bridgehead atoms. The molecule has 0 aromatic rings. The van der Waals surface area contributed by atoms with Crippen molar-refractivity contribution < 1.29 is 4.39 Å². The van der Waals surface area contributed by atoms with Crippen molar-refractivity contribution >= 4 is 8.07 Å². The number of rotatable bonds is 9. The maximum absolute atomic E-state index is 13.9. The van der Waals surface area contributed by atoms with Gasteiger partial charge in [-0.25, -0.2) is 4.39 Å². The van der Waals surface area contributed by atoms with E-state index in [4.69, 9.17) is 0 Å². The van der Waals surface area contributed by atoms with Gasteiger partial charge in [-0.2, -0.15) is 0 Å². The van der Waals surface area contributed by atoms with E-state index in [1.807, 2.05) is 6.92 Å². The van der Waals surface area contributed by atoms with Crippen LogP contribution in [-0.2, 0) is 0 Å². The molecule has 0 amide bonds. The summed E-state index contributed by atoms with van der Waals surface area (Å²) in [5.74, 6) is 0.0868. The maximum Gasteiger partial charge on any atom is 0.0991 e. The Morgan fingerprint density at radius 1 is 1.00 bits per heavy atom. The molecule has 0 saturated heterocycles. The lowest BCUT2D eigenvalue weighted by Gasteiger charge is -2.11.